The van der Waals surface area contributed by atoms with Crippen molar-refractivity contribution < 1.29 is 19.1 Å². The molecule has 0 aromatic carbocycles. The smallest absolute Gasteiger partial charge is 0.302 e. The summed E-state index contributed by atoms with van der Waals surface area (Å²) in [4.78, 5) is 21.2. The molecule has 0 spiro atoms. The van der Waals surface area contributed by atoms with E-state index in [1.807, 2.05) is 12.2 Å². The lowest BCUT2D eigenvalue weighted by Crippen LogP contribution is -2.10. The molecule has 0 saturated heterocycles. The second kappa shape index (κ2) is 12.0. The Hall–Kier alpha value is -1.58. The zero-order chi connectivity index (χ0) is 16.8. The van der Waals surface area contributed by atoms with E-state index in [1.54, 1.807) is 0 Å². The Morgan fingerprint density at radius 2 is 1.32 bits per heavy atom. The van der Waals surface area contributed by atoms with Gasteiger partial charge in [0.15, 0.2) is 0 Å². The number of esters is 2. The van der Waals surface area contributed by atoms with Gasteiger partial charge in [0.1, 0.15) is 13.2 Å². The number of hydrogen-bond acceptors (Lipinski definition) is 4. The summed E-state index contributed by atoms with van der Waals surface area (Å²) in [6.07, 6.45) is 13.3. The van der Waals surface area contributed by atoms with E-state index in [2.05, 4.69) is 26.0 Å². The monoisotopic (exact) mass is 310 g/mol. The molecule has 0 atom stereocenters. The Labute approximate surface area is 134 Å². The fraction of sp³-hybridized carbons (Fsp3) is 0.667. The van der Waals surface area contributed by atoms with Crippen molar-refractivity contribution in [2.45, 2.75) is 59.8 Å². The molecule has 0 aliphatic carbocycles. The molecule has 0 unspecified atom stereocenters. The van der Waals surface area contributed by atoms with Crippen LogP contribution < -0.4 is 0 Å². The summed E-state index contributed by atoms with van der Waals surface area (Å²) < 4.78 is 9.66. The van der Waals surface area contributed by atoms with Crippen LogP contribution in [-0.2, 0) is 19.1 Å². The molecule has 0 rings (SSSR count). The van der Waals surface area contributed by atoms with E-state index >= 15 is 0 Å². The van der Waals surface area contributed by atoms with Crippen LogP contribution in [0.5, 0.6) is 0 Å². The Morgan fingerprint density at radius 1 is 0.818 bits per heavy atom. The second-order valence-electron chi connectivity index (χ2n) is 6.14. The summed E-state index contributed by atoms with van der Waals surface area (Å²) in [7, 11) is 0. The summed E-state index contributed by atoms with van der Waals surface area (Å²) in [5.74, 6) is -0.487. The first-order valence-corrected chi connectivity index (χ1v) is 7.90. The van der Waals surface area contributed by atoms with Gasteiger partial charge in [0, 0.05) is 13.8 Å². The fourth-order valence-corrected chi connectivity index (χ4v) is 2.00. The van der Waals surface area contributed by atoms with Gasteiger partial charge in [0.05, 0.1) is 0 Å². The normalized spacial score (nSPS) is 12.0. The summed E-state index contributed by atoms with van der Waals surface area (Å²) >= 11 is 0. The van der Waals surface area contributed by atoms with Crippen molar-refractivity contribution in [3.8, 4) is 0 Å². The maximum Gasteiger partial charge on any atom is 0.302 e. The second-order valence-corrected chi connectivity index (χ2v) is 6.14. The van der Waals surface area contributed by atoms with E-state index in [0.717, 1.165) is 32.1 Å². The van der Waals surface area contributed by atoms with Gasteiger partial charge in [-0.25, -0.2) is 0 Å². The molecule has 0 aromatic rings. The van der Waals surface area contributed by atoms with Gasteiger partial charge in [0.2, 0.25) is 0 Å². The highest BCUT2D eigenvalue weighted by Crippen LogP contribution is 2.29. The minimum absolute atomic E-state index is 0.243. The minimum atomic E-state index is -0.244. The van der Waals surface area contributed by atoms with Crippen LogP contribution in [0.15, 0.2) is 24.3 Å². The van der Waals surface area contributed by atoms with Crippen LogP contribution in [-0.4, -0.2) is 25.2 Å². The minimum Gasteiger partial charge on any atom is -0.462 e. The van der Waals surface area contributed by atoms with E-state index in [4.69, 9.17) is 9.47 Å². The highest BCUT2D eigenvalue weighted by molar-refractivity contribution is 5.66. The van der Waals surface area contributed by atoms with Crippen molar-refractivity contribution in [2.75, 3.05) is 13.2 Å². The van der Waals surface area contributed by atoms with E-state index in [1.165, 1.54) is 13.8 Å². The molecule has 0 radical (unpaired) electrons. The van der Waals surface area contributed by atoms with Crippen LogP contribution in [0.25, 0.3) is 0 Å². The molecule has 0 bridgehead atoms. The quantitative estimate of drug-likeness (QED) is 0.326. The standard InChI is InChI=1S/C18H30O4/c1-16(19)21-14-10-6-5-8-12-18(3,4)13-9-7-11-15-22-17(2)20/h6-7,10-11H,5,8-9,12-15H2,1-4H3/b10-6?,11-7+. The molecule has 0 N–H and O–H groups in total. The molecule has 0 aromatic heterocycles. The van der Waals surface area contributed by atoms with Gasteiger partial charge in [-0.05, 0) is 37.5 Å². The third kappa shape index (κ3) is 14.8. The predicted octanol–water partition coefficient (Wildman–Crippen LogP) is 4.20. The third-order valence-electron chi connectivity index (χ3n) is 3.31. The zero-order valence-electron chi connectivity index (χ0n) is 14.4. The maximum atomic E-state index is 10.6. The summed E-state index contributed by atoms with van der Waals surface area (Å²) in [6.45, 7) is 8.11. The zero-order valence-corrected chi connectivity index (χ0v) is 14.4. The first-order chi connectivity index (χ1) is 10.3. The van der Waals surface area contributed by atoms with Crippen molar-refractivity contribution in [1.82, 2.24) is 0 Å². The maximum absolute atomic E-state index is 10.6. The van der Waals surface area contributed by atoms with Crippen molar-refractivity contribution in [1.29, 1.82) is 0 Å². The Morgan fingerprint density at radius 3 is 1.82 bits per heavy atom. The third-order valence-corrected chi connectivity index (χ3v) is 3.31. The van der Waals surface area contributed by atoms with Crippen molar-refractivity contribution in [2.24, 2.45) is 5.41 Å². The Bertz CT molecular complexity index is 381. The molecule has 0 heterocycles. The average Bonchev–Trinajstić information content (AvgIpc) is 2.41. The lowest BCUT2D eigenvalue weighted by Gasteiger charge is -2.23. The van der Waals surface area contributed by atoms with Crippen LogP contribution in [0, 0.1) is 5.41 Å². The van der Waals surface area contributed by atoms with Gasteiger partial charge in [-0.1, -0.05) is 38.2 Å². The molecule has 0 fully saturated rings. The fourth-order valence-electron chi connectivity index (χ4n) is 2.00. The van der Waals surface area contributed by atoms with Crippen molar-refractivity contribution in [3.63, 3.8) is 0 Å². The number of allylic oxidation sites excluding steroid dienone is 2. The number of unbranched alkanes of at least 4 members (excludes halogenated alkanes) is 1. The topological polar surface area (TPSA) is 52.6 Å². The van der Waals surface area contributed by atoms with Crippen LogP contribution in [0.4, 0.5) is 0 Å². The summed E-state index contributed by atoms with van der Waals surface area (Å²) in [6, 6.07) is 0. The lowest BCUT2D eigenvalue weighted by atomic mass is 9.82. The van der Waals surface area contributed by atoms with E-state index in [-0.39, 0.29) is 11.9 Å². The number of hydrogen-bond donors (Lipinski definition) is 0. The molecular weight excluding hydrogens is 280 g/mol. The summed E-state index contributed by atoms with van der Waals surface area (Å²) in [5.41, 5.74) is 0.301. The molecule has 4 heteroatoms. The van der Waals surface area contributed by atoms with E-state index < -0.39 is 0 Å². The molecule has 126 valence electrons. The van der Waals surface area contributed by atoms with Crippen LogP contribution >= 0.6 is 0 Å². The van der Waals surface area contributed by atoms with Crippen LogP contribution in [0.3, 0.4) is 0 Å². The number of ether oxygens (including phenoxy) is 2. The number of rotatable bonds is 11. The highest BCUT2D eigenvalue weighted by atomic mass is 16.5. The Balaban J connectivity index is 3.68. The lowest BCUT2D eigenvalue weighted by molar-refractivity contribution is -0.140. The first-order valence-electron chi connectivity index (χ1n) is 7.90. The molecule has 22 heavy (non-hydrogen) atoms. The number of carbonyl (C=O) groups excluding carboxylic acids is 2. The van der Waals surface area contributed by atoms with Crippen molar-refractivity contribution in [3.05, 3.63) is 24.3 Å². The SMILES string of the molecule is CC(=O)OCC=CCCCC(C)(C)CC/C=C/COC(C)=O. The molecule has 4 nitrogen and oxygen atoms in total. The van der Waals surface area contributed by atoms with Gasteiger partial charge in [-0.15, -0.1) is 0 Å². The van der Waals surface area contributed by atoms with Gasteiger partial charge in [-0.2, -0.15) is 0 Å². The highest BCUT2D eigenvalue weighted by Gasteiger charge is 2.15. The van der Waals surface area contributed by atoms with Gasteiger partial charge >= 0.3 is 11.9 Å². The number of carbonyl (C=O) groups is 2. The van der Waals surface area contributed by atoms with Crippen LogP contribution in [0.2, 0.25) is 0 Å². The molecular formula is C18H30O4. The predicted molar refractivity (Wildman–Crippen MR) is 88.4 cm³/mol. The molecule has 0 amide bonds. The van der Waals surface area contributed by atoms with E-state index in [0.29, 0.717) is 18.6 Å². The van der Waals surface area contributed by atoms with Gasteiger partial charge < -0.3 is 9.47 Å². The molecule has 0 aliphatic heterocycles. The summed E-state index contributed by atoms with van der Waals surface area (Å²) in [5, 5.41) is 0. The largest absolute Gasteiger partial charge is 0.462 e. The van der Waals surface area contributed by atoms with Gasteiger partial charge in [-0.3, -0.25) is 9.59 Å². The van der Waals surface area contributed by atoms with Crippen molar-refractivity contribution >= 4 is 11.9 Å². The van der Waals surface area contributed by atoms with Gasteiger partial charge in [0.25, 0.3) is 0 Å². The molecule has 0 aliphatic rings. The van der Waals surface area contributed by atoms with E-state index in [9.17, 15) is 9.59 Å². The van der Waals surface area contributed by atoms with Crippen LogP contribution in [0.1, 0.15) is 59.8 Å². The average molecular weight is 310 g/mol. The molecule has 0 saturated carbocycles. The Kier molecular flexibility index (Phi) is 11.2. The first kappa shape index (κ1) is 20.4.